The van der Waals surface area contributed by atoms with E-state index in [1.807, 2.05) is 18.2 Å². The Kier molecular flexibility index (Phi) is 5.87. The van der Waals surface area contributed by atoms with Crippen molar-refractivity contribution in [3.63, 3.8) is 0 Å². The van der Waals surface area contributed by atoms with Gasteiger partial charge in [0.05, 0.1) is 13.3 Å². The summed E-state index contributed by atoms with van der Waals surface area (Å²) in [4.78, 5) is 0. The zero-order chi connectivity index (χ0) is 16.7. The van der Waals surface area contributed by atoms with E-state index in [9.17, 15) is 4.39 Å². The maximum absolute atomic E-state index is 12.9. The van der Waals surface area contributed by atoms with Crippen molar-refractivity contribution in [3.05, 3.63) is 59.4 Å². The van der Waals surface area contributed by atoms with Crippen molar-refractivity contribution in [3.8, 4) is 11.5 Å². The molecule has 0 aliphatic heterocycles. The highest BCUT2D eigenvalue weighted by molar-refractivity contribution is 7.80. The Bertz CT molecular complexity index is 705. The normalized spacial score (nSPS) is 10.5. The van der Waals surface area contributed by atoms with Crippen LogP contribution in [0.25, 0.3) is 0 Å². The van der Waals surface area contributed by atoms with Crippen molar-refractivity contribution in [2.75, 3.05) is 7.11 Å². The van der Waals surface area contributed by atoms with Crippen molar-refractivity contribution in [2.45, 2.75) is 6.61 Å². The van der Waals surface area contributed by atoms with Crippen molar-refractivity contribution in [1.82, 2.24) is 5.43 Å². The van der Waals surface area contributed by atoms with Gasteiger partial charge in [-0.05, 0) is 60.2 Å². The molecule has 0 heterocycles. The fraction of sp³-hybridized carbons (Fsp3) is 0.125. The van der Waals surface area contributed by atoms with Gasteiger partial charge in [-0.3, -0.25) is 5.43 Å². The number of nitrogens with zero attached hydrogens (tertiary/aromatic N) is 1. The summed E-state index contributed by atoms with van der Waals surface area (Å²) < 4.78 is 23.8. The van der Waals surface area contributed by atoms with Crippen LogP contribution in [0, 0.1) is 5.82 Å². The second kappa shape index (κ2) is 8.09. The number of ether oxygens (including phenoxy) is 2. The van der Waals surface area contributed by atoms with Crippen LogP contribution in [-0.4, -0.2) is 18.4 Å². The Morgan fingerprint density at radius 2 is 2.04 bits per heavy atom. The minimum atomic E-state index is -0.307. The van der Waals surface area contributed by atoms with Gasteiger partial charge in [0, 0.05) is 5.56 Å². The molecule has 0 amide bonds. The van der Waals surface area contributed by atoms with Crippen LogP contribution in [-0.2, 0) is 6.61 Å². The van der Waals surface area contributed by atoms with E-state index in [0.29, 0.717) is 11.5 Å². The quantitative estimate of drug-likeness (QED) is 0.483. The van der Waals surface area contributed by atoms with Gasteiger partial charge in [-0.25, -0.2) is 4.39 Å². The summed E-state index contributed by atoms with van der Waals surface area (Å²) in [5, 5.41) is 3.99. The maximum atomic E-state index is 12.9. The summed E-state index contributed by atoms with van der Waals surface area (Å²) in [5.74, 6) is 0.952. The summed E-state index contributed by atoms with van der Waals surface area (Å²) in [7, 11) is 1.58. The third-order valence-corrected chi connectivity index (χ3v) is 2.99. The molecule has 7 heteroatoms. The van der Waals surface area contributed by atoms with Gasteiger partial charge in [0.2, 0.25) is 0 Å². The molecule has 0 spiro atoms. The highest BCUT2D eigenvalue weighted by Crippen LogP contribution is 2.22. The smallest absolute Gasteiger partial charge is 0.184 e. The predicted octanol–water partition coefficient (Wildman–Crippen LogP) is 2.58. The minimum Gasteiger partial charge on any atom is -0.496 e. The molecule has 0 saturated carbocycles. The van der Waals surface area contributed by atoms with Crippen LogP contribution in [0.15, 0.2) is 47.6 Å². The van der Waals surface area contributed by atoms with Crippen LogP contribution in [0.1, 0.15) is 11.1 Å². The summed E-state index contributed by atoms with van der Waals surface area (Å²) in [6, 6.07) is 11.3. The Labute approximate surface area is 138 Å². The molecule has 0 saturated heterocycles. The lowest BCUT2D eigenvalue weighted by atomic mass is 10.1. The third kappa shape index (κ3) is 5.23. The fourth-order valence-electron chi connectivity index (χ4n) is 1.85. The molecule has 0 radical (unpaired) electrons. The molecule has 0 aliphatic carbocycles. The van der Waals surface area contributed by atoms with E-state index in [2.05, 4.69) is 22.7 Å². The number of thiocarbonyl (C=S) groups is 1. The van der Waals surface area contributed by atoms with Gasteiger partial charge in [-0.2, -0.15) is 5.10 Å². The van der Waals surface area contributed by atoms with E-state index >= 15 is 0 Å². The molecule has 5 nitrogen and oxygen atoms in total. The summed E-state index contributed by atoms with van der Waals surface area (Å²) >= 11 is 4.67. The standard InChI is InChI=1S/C16H16FN3O2S/c1-21-15-7-2-11(9-19-20-16(18)23)8-12(15)10-22-14-5-3-13(17)4-6-14/h2-9H,10H2,1H3,(H3,18,20,23). The maximum Gasteiger partial charge on any atom is 0.184 e. The van der Waals surface area contributed by atoms with E-state index < -0.39 is 0 Å². The van der Waals surface area contributed by atoms with Crippen LogP contribution < -0.4 is 20.6 Å². The van der Waals surface area contributed by atoms with Crippen LogP contribution in [0.4, 0.5) is 4.39 Å². The van der Waals surface area contributed by atoms with Gasteiger partial charge in [-0.1, -0.05) is 0 Å². The lowest BCUT2D eigenvalue weighted by molar-refractivity contribution is 0.296. The molecule has 0 fully saturated rings. The monoisotopic (exact) mass is 333 g/mol. The number of hydrogen-bond donors (Lipinski definition) is 2. The van der Waals surface area contributed by atoms with Gasteiger partial charge in [-0.15, -0.1) is 0 Å². The van der Waals surface area contributed by atoms with E-state index in [-0.39, 0.29) is 17.5 Å². The average molecular weight is 333 g/mol. The van der Waals surface area contributed by atoms with E-state index in [0.717, 1.165) is 11.1 Å². The average Bonchev–Trinajstić information content (AvgIpc) is 2.54. The number of nitrogens with two attached hydrogens (primary N) is 1. The Morgan fingerprint density at radius 1 is 1.30 bits per heavy atom. The van der Waals surface area contributed by atoms with Gasteiger partial charge >= 0.3 is 0 Å². The van der Waals surface area contributed by atoms with Crippen molar-refractivity contribution in [1.29, 1.82) is 0 Å². The molecular weight excluding hydrogens is 317 g/mol. The molecule has 120 valence electrons. The molecule has 2 aromatic rings. The van der Waals surface area contributed by atoms with Crippen LogP contribution in [0.3, 0.4) is 0 Å². The minimum absolute atomic E-state index is 0.0922. The SMILES string of the molecule is COc1ccc(C=NNC(N)=S)cc1COc1ccc(F)cc1. The van der Waals surface area contributed by atoms with Crippen LogP contribution in [0.2, 0.25) is 0 Å². The lowest BCUT2D eigenvalue weighted by Crippen LogP contribution is -2.24. The molecule has 0 aromatic heterocycles. The van der Waals surface area contributed by atoms with Crippen LogP contribution >= 0.6 is 12.2 Å². The zero-order valence-corrected chi connectivity index (χ0v) is 13.3. The first-order chi connectivity index (χ1) is 11.1. The number of nitrogens with one attached hydrogen (secondary N) is 1. The van der Waals surface area contributed by atoms with E-state index in [1.165, 1.54) is 12.1 Å². The first kappa shape index (κ1) is 16.7. The molecule has 2 aromatic carbocycles. The first-order valence-electron chi connectivity index (χ1n) is 6.72. The second-order valence-corrected chi connectivity index (χ2v) is 4.99. The zero-order valence-electron chi connectivity index (χ0n) is 12.5. The molecule has 0 aliphatic rings. The largest absolute Gasteiger partial charge is 0.496 e. The number of methoxy groups -OCH3 is 1. The van der Waals surface area contributed by atoms with Gasteiger partial charge in [0.25, 0.3) is 0 Å². The second-order valence-electron chi connectivity index (χ2n) is 4.55. The van der Waals surface area contributed by atoms with Crippen molar-refractivity contribution in [2.24, 2.45) is 10.8 Å². The molecule has 23 heavy (non-hydrogen) atoms. The highest BCUT2D eigenvalue weighted by Gasteiger charge is 2.05. The Balaban J connectivity index is 2.10. The lowest BCUT2D eigenvalue weighted by Gasteiger charge is -2.11. The van der Waals surface area contributed by atoms with E-state index in [1.54, 1.807) is 25.5 Å². The van der Waals surface area contributed by atoms with Gasteiger partial charge in [0.1, 0.15) is 23.9 Å². The van der Waals surface area contributed by atoms with E-state index in [4.69, 9.17) is 15.2 Å². The number of hydrogen-bond acceptors (Lipinski definition) is 4. The molecule has 2 rings (SSSR count). The number of hydrazone groups is 1. The predicted molar refractivity (Wildman–Crippen MR) is 91.2 cm³/mol. The van der Waals surface area contributed by atoms with Crippen molar-refractivity contribution >= 4 is 23.5 Å². The third-order valence-electron chi connectivity index (χ3n) is 2.90. The topological polar surface area (TPSA) is 68.9 Å². The summed E-state index contributed by atoms with van der Waals surface area (Å²) in [5.41, 5.74) is 9.44. The molecule has 0 unspecified atom stereocenters. The number of benzene rings is 2. The highest BCUT2D eigenvalue weighted by atomic mass is 32.1. The van der Waals surface area contributed by atoms with Gasteiger partial charge < -0.3 is 15.2 Å². The van der Waals surface area contributed by atoms with Crippen LogP contribution in [0.5, 0.6) is 11.5 Å². The number of halogens is 1. The van der Waals surface area contributed by atoms with Crippen molar-refractivity contribution < 1.29 is 13.9 Å². The Morgan fingerprint density at radius 3 is 2.70 bits per heavy atom. The molecule has 0 atom stereocenters. The molecule has 3 N–H and O–H groups in total. The summed E-state index contributed by atoms with van der Waals surface area (Å²) in [6.07, 6.45) is 1.58. The Hall–Kier alpha value is -2.67. The molecular formula is C16H16FN3O2S. The number of rotatable bonds is 6. The fourth-order valence-corrected chi connectivity index (χ4v) is 1.91. The first-order valence-corrected chi connectivity index (χ1v) is 7.13. The summed E-state index contributed by atoms with van der Waals surface area (Å²) in [6.45, 7) is 0.277. The van der Waals surface area contributed by atoms with Gasteiger partial charge in [0.15, 0.2) is 5.11 Å². The molecule has 0 bridgehead atoms.